The fraction of sp³-hybridized carbons (Fsp3) is 0.765. The lowest BCUT2D eigenvalue weighted by Crippen LogP contribution is -2.60. The van der Waals surface area contributed by atoms with E-state index in [-0.39, 0.29) is 5.54 Å². The van der Waals surface area contributed by atoms with Crippen molar-refractivity contribution in [3.05, 3.63) is 18.2 Å². The average Bonchev–Trinajstić information content (AvgIpc) is 3.15. The summed E-state index contributed by atoms with van der Waals surface area (Å²) >= 11 is 0. The van der Waals surface area contributed by atoms with E-state index in [1.807, 2.05) is 12.5 Å². The maximum Gasteiger partial charge on any atom is 0.243 e. The van der Waals surface area contributed by atoms with Gasteiger partial charge in [-0.05, 0) is 52.0 Å². The van der Waals surface area contributed by atoms with Crippen LogP contribution in [0.2, 0.25) is 0 Å². The number of carbonyl (C=O) groups excluding carboxylic acids is 1. The molecule has 3 heterocycles. The Morgan fingerprint density at radius 2 is 2.05 bits per heavy atom. The molecule has 1 aromatic heterocycles. The van der Waals surface area contributed by atoms with Gasteiger partial charge in [0, 0.05) is 31.9 Å². The van der Waals surface area contributed by atoms with E-state index in [2.05, 4.69) is 26.3 Å². The van der Waals surface area contributed by atoms with Crippen LogP contribution in [0.3, 0.4) is 0 Å². The van der Waals surface area contributed by atoms with Crippen LogP contribution in [-0.4, -0.2) is 49.9 Å². The third-order valence-electron chi connectivity index (χ3n) is 5.75. The van der Waals surface area contributed by atoms with Crippen LogP contribution in [0, 0.1) is 0 Å². The van der Waals surface area contributed by atoms with Gasteiger partial charge in [-0.1, -0.05) is 0 Å². The Balaban J connectivity index is 1.58. The zero-order chi connectivity index (χ0) is 15.2. The van der Waals surface area contributed by atoms with Gasteiger partial charge in [-0.25, -0.2) is 4.98 Å². The van der Waals surface area contributed by atoms with E-state index in [0.717, 1.165) is 51.9 Å². The lowest BCUT2D eigenvalue weighted by atomic mass is 9.85. The van der Waals surface area contributed by atoms with Crippen molar-refractivity contribution in [2.75, 3.05) is 13.1 Å². The lowest BCUT2D eigenvalue weighted by molar-refractivity contribution is -0.148. The molecule has 22 heavy (non-hydrogen) atoms. The van der Waals surface area contributed by atoms with Crippen LogP contribution < -0.4 is 0 Å². The monoisotopic (exact) mass is 302 g/mol. The summed E-state index contributed by atoms with van der Waals surface area (Å²) in [6.45, 7) is 5.97. The van der Waals surface area contributed by atoms with Crippen LogP contribution in [0.25, 0.3) is 0 Å². The first kappa shape index (κ1) is 14.2. The highest BCUT2D eigenvalue weighted by atomic mass is 16.2. The average molecular weight is 302 g/mol. The number of imidazole rings is 1. The molecule has 0 N–H and O–H groups in total. The molecule has 1 amide bonds. The Bertz CT molecular complexity index is 565. The van der Waals surface area contributed by atoms with Crippen molar-refractivity contribution in [3.8, 4) is 0 Å². The van der Waals surface area contributed by atoms with Gasteiger partial charge in [0.05, 0.1) is 12.0 Å². The van der Waals surface area contributed by atoms with Gasteiger partial charge in [0.1, 0.15) is 5.54 Å². The fourth-order valence-electron chi connectivity index (χ4n) is 4.40. The number of hydrogen-bond acceptors (Lipinski definition) is 3. The molecule has 4 rings (SSSR count). The molecule has 5 heteroatoms. The second-order valence-corrected chi connectivity index (χ2v) is 7.06. The molecule has 1 unspecified atom stereocenters. The minimum Gasteiger partial charge on any atom is -0.338 e. The van der Waals surface area contributed by atoms with Crippen LogP contribution in [-0.2, 0) is 17.9 Å². The van der Waals surface area contributed by atoms with E-state index in [1.54, 1.807) is 0 Å². The molecule has 5 nitrogen and oxygen atoms in total. The number of amides is 1. The SMILES string of the molecule is CCn1cncc1CN1CCCC12CCCN(C1CC1)C2=O. The molecule has 1 aromatic rings. The van der Waals surface area contributed by atoms with Crippen molar-refractivity contribution in [2.24, 2.45) is 0 Å². The third-order valence-corrected chi connectivity index (χ3v) is 5.75. The zero-order valence-electron chi connectivity index (χ0n) is 13.5. The van der Waals surface area contributed by atoms with Crippen molar-refractivity contribution < 1.29 is 4.79 Å². The summed E-state index contributed by atoms with van der Waals surface area (Å²) < 4.78 is 2.19. The highest BCUT2D eigenvalue weighted by molar-refractivity contribution is 5.88. The van der Waals surface area contributed by atoms with E-state index >= 15 is 0 Å². The second-order valence-electron chi connectivity index (χ2n) is 7.06. The van der Waals surface area contributed by atoms with E-state index < -0.39 is 0 Å². The van der Waals surface area contributed by atoms with Gasteiger partial charge in [0.25, 0.3) is 0 Å². The predicted octanol–water partition coefficient (Wildman–Crippen LogP) is 2.02. The van der Waals surface area contributed by atoms with Gasteiger partial charge in [0.15, 0.2) is 0 Å². The van der Waals surface area contributed by atoms with Gasteiger partial charge in [-0.15, -0.1) is 0 Å². The number of aromatic nitrogens is 2. The molecule has 1 aliphatic carbocycles. The Kier molecular flexibility index (Phi) is 3.48. The van der Waals surface area contributed by atoms with Crippen LogP contribution in [0.4, 0.5) is 0 Å². The third kappa shape index (κ3) is 2.18. The minimum atomic E-state index is -0.219. The van der Waals surface area contributed by atoms with Crippen molar-refractivity contribution in [1.82, 2.24) is 19.4 Å². The first-order valence-electron chi connectivity index (χ1n) is 8.80. The van der Waals surface area contributed by atoms with E-state index in [9.17, 15) is 4.79 Å². The Morgan fingerprint density at radius 1 is 1.27 bits per heavy atom. The van der Waals surface area contributed by atoms with Crippen molar-refractivity contribution in [2.45, 2.75) is 70.1 Å². The molecule has 0 bridgehead atoms. The van der Waals surface area contributed by atoms with Crippen molar-refractivity contribution in [3.63, 3.8) is 0 Å². The summed E-state index contributed by atoms with van der Waals surface area (Å²) in [5, 5.41) is 0. The number of likely N-dealkylation sites (tertiary alicyclic amines) is 2. The molecule has 120 valence electrons. The van der Waals surface area contributed by atoms with Crippen molar-refractivity contribution in [1.29, 1.82) is 0 Å². The summed E-state index contributed by atoms with van der Waals surface area (Å²) in [5.74, 6) is 0.418. The minimum absolute atomic E-state index is 0.219. The maximum absolute atomic E-state index is 13.2. The quantitative estimate of drug-likeness (QED) is 0.854. The predicted molar refractivity (Wildman–Crippen MR) is 84.2 cm³/mol. The highest BCUT2D eigenvalue weighted by Crippen LogP contribution is 2.42. The van der Waals surface area contributed by atoms with Crippen LogP contribution in [0.5, 0.6) is 0 Å². The molecular weight excluding hydrogens is 276 g/mol. The summed E-state index contributed by atoms with van der Waals surface area (Å²) in [5.41, 5.74) is 1.02. The number of aryl methyl sites for hydroxylation is 1. The van der Waals surface area contributed by atoms with E-state index in [4.69, 9.17) is 0 Å². The molecule has 2 aliphatic heterocycles. The molecule has 1 spiro atoms. The number of hydrogen-bond donors (Lipinski definition) is 0. The van der Waals surface area contributed by atoms with E-state index in [0.29, 0.717) is 11.9 Å². The Hall–Kier alpha value is -1.36. The molecule has 1 atom stereocenters. The van der Waals surface area contributed by atoms with Gasteiger partial charge in [-0.2, -0.15) is 0 Å². The van der Waals surface area contributed by atoms with Gasteiger partial charge in [-0.3, -0.25) is 9.69 Å². The normalized spacial score (nSPS) is 29.7. The molecular formula is C17H26N4O. The summed E-state index contributed by atoms with van der Waals surface area (Å²) in [6.07, 6.45) is 10.7. The van der Waals surface area contributed by atoms with Gasteiger partial charge < -0.3 is 9.47 Å². The zero-order valence-corrected chi connectivity index (χ0v) is 13.5. The standard InChI is InChI=1S/C17H26N4O/c1-2-19-13-18-11-15(19)12-20-9-3-7-17(20)8-4-10-21(16(17)22)14-5-6-14/h11,13-14H,2-10,12H2,1H3. The van der Waals surface area contributed by atoms with Crippen LogP contribution in [0.1, 0.15) is 51.1 Å². The number of nitrogens with zero attached hydrogens (tertiary/aromatic N) is 4. The number of carbonyl (C=O) groups is 1. The number of piperidine rings is 1. The smallest absolute Gasteiger partial charge is 0.243 e. The van der Waals surface area contributed by atoms with Crippen LogP contribution in [0.15, 0.2) is 12.5 Å². The molecule has 3 fully saturated rings. The largest absolute Gasteiger partial charge is 0.338 e. The molecule has 3 aliphatic rings. The van der Waals surface area contributed by atoms with Gasteiger partial charge in [0.2, 0.25) is 5.91 Å². The first-order chi connectivity index (χ1) is 10.7. The molecule has 0 aromatic carbocycles. The summed E-state index contributed by atoms with van der Waals surface area (Å²) in [4.78, 5) is 22.1. The highest BCUT2D eigenvalue weighted by Gasteiger charge is 2.53. The Labute approximate surface area is 132 Å². The molecule has 2 saturated heterocycles. The maximum atomic E-state index is 13.2. The van der Waals surface area contributed by atoms with E-state index in [1.165, 1.54) is 18.5 Å². The molecule has 0 radical (unpaired) electrons. The van der Waals surface area contributed by atoms with Crippen LogP contribution >= 0.6 is 0 Å². The Morgan fingerprint density at radius 3 is 2.77 bits per heavy atom. The summed E-state index contributed by atoms with van der Waals surface area (Å²) in [6, 6.07) is 0.549. The summed E-state index contributed by atoms with van der Waals surface area (Å²) in [7, 11) is 0. The fourth-order valence-corrected chi connectivity index (χ4v) is 4.40. The number of rotatable bonds is 4. The molecule has 1 saturated carbocycles. The first-order valence-corrected chi connectivity index (χ1v) is 8.80. The van der Waals surface area contributed by atoms with Gasteiger partial charge >= 0.3 is 0 Å². The second kappa shape index (κ2) is 5.37. The topological polar surface area (TPSA) is 41.4 Å². The lowest BCUT2D eigenvalue weighted by Gasteiger charge is -2.45. The van der Waals surface area contributed by atoms with Crippen molar-refractivity contribution >= 4 is 5.91 Å².